The van der Waals surface area contributed by atoms with Gasteiger partial charge in [-0.25, -0.2) is 0 Å². The van der Waals surface area contributed by atoms with E-state index in [0.717, 1.165) is 12.2 Å². The summed E-state index contributed by atoms with van der Waals surface area (Å²) in [5.74, 6) is -0.649. The minimum atomic E-state index is -0.325. The zero-order valence-corrected chi connectivity index (χ0v) is 12.4. The summed E-state index contributed by atoms with van der Waals surface area (Å²) < 4.78 is 0. The van der Waals surface area contributed by atoms with Gasteiger partial charge in [0.15, 0.2) is 0 Å². The van der Waals surface area contributed by atoms with Gasteiger partial charge in [-0.15, -0.1) is 0 Å². The van der Waals surface area contributed by atoms with Gasteiger partial charge < -0.3 is 15.5 Å². The monoisotopic (exact) mass is 269 g/mol. The van der Waals surface area contributed by atoms with Crippen molar-refractivity contribution >= 4 is 11.8 Å². The molecular formula is C14H27N3O2. The van der Waals surface area contributed by atoms with Gasteiger partial charge in [-0.2, -0.15) is 0 Å². The van der Waals surface area contributed by atoms with Crippen LogP contribution in [0.25, 0.3) is 0 Å². The summed E-state index contributed by atoms with van der Waals surface area (Å²) in [5.41, 5.74) is 0. The third-order valence-electron chi connectivity index (χ3n) is 2.10. The Bertz CT molecular complexity index is 256. The van der Waals surface area contributed by atoms with E-state index in [1.807, 2.05) is 0 Å². The molecule has 0 aliphatic rings. The van der Waals surface area contributed by atoms with E-state index in [1.165, 1.54) is 25.8 Å². The molecule has 0 saturated carbocycles. The van der Waals surface area contributed by atoms with Crippen molar-refractivity contribution in [3.8, 4) is 0 Å². The third-order valence-corrected chi connectivity index (χ3v) is 2.10. The Hall–Kier alpha value is -1.62. The molecule has 0 heterocycles. The minimum absolute atomic E-state index is 0.0930. The predicted molar refractivity (Wildman–Crippen MR) is 79.6 cm³/mol. The summed E-state index contributed by atoms with van der Waals surface area (Å²) in [7, 11) is 4.24. The van der Waals surface area contributed by atoms with Crippen molar-refractivity contribution in [1.29, 1.82) is 0 Å². The number of amides is 2. The van der Waals surface area contributed by atoms with Crippen molar-refractivity contribution in [2.24, 2.45) is 0 Å². The molecule has 0 saturated heterocycles. The van der Waals surface area contributed by atoms with Crippen LogP contribution < -0.4 is 10.6 Å². The lowest BCUT2D eigenvalue weighted by Crippen LogP contribution is -2.35. The molecule has 0 atom stereocenters. The summed E-state index contributed by atoms with van der Waals surface area (Å²) in [6.07, 6.45) is 6.30. The summed E-state index contributed by atoms with van der Waals surface area (Å²) in [6.45, 7) is 10.0. The molecule has 0 spiro atoms. The summed E-state index contributed by atoms with van der Waals surface area (Å²) in [5, 5.41) is 4.72. The maximum atomic E-state index is 10.5. The highest BCUT2D eigenvalue weighted by molar-refractivity contribution is 5.89. The quantitative estimate of drug-likeness (QED) is 0.396. The summed E-state index contributed by atoms with van der Waals surface area (Å²) in [6, 6.07) is 0. The van der Waals surface area contributed by atoms with Crippen LogP contribution in [0.1, 0.15) is 26.2 Å². The van der Waals surface area contributed by atoms with Crippen molar-refractivity contribution < 1.29 is 9.59 Å². The van der Waals surface area contributed by atoms with Crippen LogP contribution in [0.5, 0.6) is 0 Å². The second-order valence-electron chi connectivity index (χ2n) is 4.18. The SMILES string of the molecule is C=CC(=O)NCNC(=O)C=C.CCCCCN(C)C. The van der Waals surface area contributed by atoms with Crippen LogP contribution in [0.2, 0.25) is 0 Å². The van der Waals surface area contributed by atoms with Gasteiger partial charge in [0.1, 0.15) is 0 Å². The molecule has 19 heavy (non-hydrogen) atoms. The van der Waals surface area contributed by atoms with Crippen LogP contribution in [0, 0.1) is 0 Å². The Morgan fingerprint density at radius 3 is 1.84 bits per heavy atom. The van der Waals surface area contributed by atoms with Crippen molar-refractivity contribution in [3.05, 3.63) is 25.3 Å². The van der Waals surface area contributed by atoms with Crippen LogP contribution >= 0.6 is 0 Å². The predicted octanol–water partition coefficient (Wildman–Crippen LogP) is 1.29. The standard InChI is InChI=1S/C7H10N2O2.C7H17N/c1-3-6(10)8-5-9-7(11)4-2;1-4-5-6-7-8(2)3/h3-4H,1-2,5H2,(H,8,10)(H,9,11);4-7H2,1-3H3. The number of rotatable bonds is 8. The van der Waals surface area contributed by atoms with E-state index in [2.05, 4.69) is 49.7 Å². The first-order valence-corrected chi connectivity index (χ1v) is 6.43. The van der Waals surface area contributed by atoms with E-state index in [0.29, 0.717) is 0 Å². The highest BCUT2D eigenvalue weighted by Crippen LogP contribution is 1.93. The Morgan fingerprint density at radius 1 is 1.05 bits per heavy atom. The summed E-state index contributed by atoms with van der Waals surface area (Å²) >= 11 is 0. The fraction of sp³-hybridized carbons (Fsp3) is 0.571. The second kappa shape index (κ2) is 14.4. The smallest absolute Gasteiger partial charge is 0.244 e. The molecule has 110 valence electrons. The van der Waals surface area contributed by atoms with Crippen LogP contribution in [0.15, 0.2) is 25.3 Å². The molecule has 5 heteroatoms. The minimum Gasteiger partial charge on any atom is -0.335 e. The molecule has 2 amide bonds. The second-order valence-corrected chi connectivity index (χ2v) is 4.18. The molecule has 0 bridgehead atoms. The maximum absolute atomic E-state index is 10.5. The van der Waals surface area contributed by atoms with Crippen molar-refractivity contribution in [2.45, 2.75) is 26.2 Å². The molecule has 2 N–H and O–H groups in total. The van der Waals surface area contributed by atoms with Gasteiger partial charge in [0, 0.05) is 0 Å². The van der Waals surface area contributed by atoms with Gasteiger partial charge in [-0.1, -0.05) is 32.9 Å². The largest absolute Gasteiger partial charge is 0.335 e. The number of hydrogen-bond acceptors (Lipinski definition) is 3. The molecule has 0 unspecified atom stereocenters. The highest BCUT2D eigenvalue weighted by atomic mass is 16.2. The van der Waals surface area contributed by atoms with Crippen molar-refractivity contribution in [1.82, 2.24) is 15.5 Å². The van der Waals surface area contributed by atoms with Crippen molar-refractivity contribution in [3.63, 3.8) is 0 Å². The lowest BCUT2D eigenvalue weighted by molar-refractivity contribution is -0.118. The summed E-state index contributed by atoms with van der Waals surface area (Å²) in [4.78, 5) is 23.2. The number of carbonyl (C=O) groups excluding carboxylic acids is 2. The van der Waals surface area contributed by atoms with Crippen LogP contribution in [0.4, 0.5) is 0 Å². The fourth-order valence-electron chi connectivity index (χ4n) is 1.04. The molecule has 5 nitrogen and oxygen atoms in total. The first kappa shape index (κ1) is 19.7. The number of hydrogen-bond donors (Lipinski definition) is 2. The molecule has 0 aliphatic carbocycles. The number of nitrogens with zero attached hydrogens (tertiary/aromatic N) is 1. The first-order chi connectivity index (χ1) is 8.97. The zero-order chi connectivity index (χ0) is 15.1. The topological polar surface area (TPSA) is 61.4 Å². The number of unbranched alkanes of at least 4 members (excludes halogenated alkanes) is 2. The molecule has 0 fully saturated rings. The van der Waals surface area contributed by atoms with Crippen LogP contribution in [-0.4, -0.2) is 44.0 Å². The maximum Gasteiger partial charge on any atom is 0.244 e. The Labute approximate surface area is 116 Å². The third kappa shape index (κ3) is 18.9. The van der Waals surface area contributed by atoms with Gasteiger partial charge in [-0.05, 0) is 39.2 Å². The van der Waals surface area contributed by atoms with E-state index in [-0.39, 0.29) is 18.5 Å². The van der Waals surface area contributed by atoms with Crippen LogP contribution in [-0.2, 0) is 9.59 Å². The normalized spacial score (nSPS) is 9.05. The molecule has 0 aliphatic heterocycles. The van der Waals surface area contributed by atoms with Gasteiger partial charge in [0.2, 0.25) is 11.8 Å². The first-order valence-electron chi connectivity index (χ1n) is 6.43. The van der Waals surface area contributed by atoms with Crippen LogP contribution in [0.3, 0.4) is 0 Å². The Balaban J connectivity index is 0. The van der Waals surface area contributed by atoms with Gasteiger partial charge in [0.25, 0.3) is 0 Å². The highest BCUT2D eigenvalue weighted by Gasteiger charge is 1.93. The van der Waals surface area contributed by atoms with E-state index in [1.54, 1.807) is 0 Å². The van der Waals surface area contributed by atoms with E-state index in [4.69, 9.17) is 0 Å². The lowest BCUT2D eigenvalue weighted by Gasteiger charge is -2.06. The van der Waals surface area contributed by atoms with Gasteiger partial charge >= 0.3 is 0 Å². The Kier molecular flexibility index (Phi) is 15.0. The number of carbonyl (C=O) groups is 2. The Morgan fingerprint density at radius 2 is 1.53 bits per heavy atom. The average Bonchev–Trinajstić information content (AvgIpc) is 2.39. The molecular weight excluding hydrogens is 242 g/mol. The molecule has 0 aromatic heterocycles. The van der Waals surface area contributed by atoms with Gasteiger partial charge in [-0.3, -0.25) is 9.59 Å². The van der Waals surface area contributed by atoms with Crippen molar-refractivity contribution in [2.75, 3.05) is 27.3 Å². The van der Waals surface area contributed by atoms with Gasteiger partial charge in [0.05, 0.1) is 6.67 Å². The van der Waals surface area contributed by atoms with E-state index in [9.17, 15) is 9.59 Å². The lowest BCUT2D eigenvalue weighted by atomic mass is 10.2. The molecule has 0 aromatic rings. The fourth-order valence-corrected chi connectivity index (χ4v) is 1.04. The van der Waals surface area contributed by atoms with E-state index < -0.39 is 0 Å². The number of nitrogens with one attached hydrogen (secondary N) is 2. The average molecular weight is 269 g/mol. The zero-order valence-electron chi connectivity index (χ0n) is 12.4. The van der Waals surface area contributed by atoms with E-state index >= 15 is 0 Å². The molecule has 0 radical (unpaired) electrons. The molecule has 0 rings (SSSR count). The molecule has 0 aromatic carbocycles.